The number of alkyl halides is 1. The Morgan fingerprint density at radius 2 is 2.29 bits per heavy atom. The van der Waals surface area contributed by atoms with Crippen molar-refractivity contribution in [2.75, 3.05) is 12.4 Å². The molecule has 1 aromatic rings. The highest BCUT2D eigenvalue weighted by Gasteiger charge is 1.99. The van der Waals surface area contributed by atoms with Crippen LogP contribution in [0.25, 0.3) is 0 Å². The summed E-state index contributed by atoms with van der Waals surface area (Å²) < 4.78 is 5.08. The van der Waals surface area contributed by atoms with Crippen LogP contribution < -0.4 is 4.74 Å². The van der Waals surface area contributed by atoms with E-state index in [1.165, 1.54) is 0 Å². The predicted octanol–water partition coefficient (Wildman–Crippen LogP) is 3.49. The number of hydrogen-bond donors (Lipinski definition) is 0. The van der Waals surface area contributed by atoms with Crippen molar-refractivity contribution in [3.8, 4) is 17.6 Å². The minimum atomic E-state index is 0.610. The average molecular weight is 274 g/mol. The van der Waals surface area contributed by atoms with Crippen molar-refractivity contribution in [1.29, 1.82) is 0 Å². The van der Waals surface area contributed by atoms with Crippen LogP contribution in [0, 0.1) is 11.8 Å². The van der Waals surface area contributed by atoms with Crippen LogP contribution in [0.3, 0.4) is 0 Å². The lowest BCUT2D eigenvalue weighted by atomic mass is 10.2. The third-order valence-corrected chi connectivity index (χ3v) is 2.31. The minimum Gasteiger partial charge on any atom is -0.495 e. The Labute approximate surface area is 97.5 Å². The summed E-state index contributed by atoms with van der Waals surface area (Å²) in [4.78, 5) is 0. The maximum atomic E-state index is 5.88. The Morgan fingerprint density at radius 1 is 1.50 bits per heavy atom. The molecule has 0 aliphatic rings. The van der Waals surface area contributed by atoms with Gasteiger partial charge in [0, 0.05) is 17.3 Å². The SMILES string of the molecule is COc1cc(C#CCCBr)ccc1Cl. The van der Waals surface area contributed by atoms with E-state index >= 15 is 0 Å². The summed E-state index contributed by atoms with van der Waals surface area (Å²) in [5.74, 6) is 6.72. The van der Waals surface area contributed by atoms with Crippen molar-refractivity contribution in [3.63, 3.8) is 0 Å². The number of benzene rings is 1. The highest BCUT2D eigenvalue weighted by Crippen LogP contribution is 2.24. The zero-order valence-electron chi connectivity index (χ0n) is 7.81. The van der Waals surface area contributed by atoms with Gasteiger partial charge in [0.1, 0.15) is 5.75 Å². The average Bonchev–Trinajstić information content (AvgIpc) is 2.21. The molecule has 3 heteroatoms. The molecule has 0 spiro atoms. The number of methoxy groups -OCH3 is 1. The maximum absolute atomic E-state index is 5.88. The van der Waals surface area contributed by atoms with Crippen molar-refractivity contribution in [3.05, 3.63) is 28.8 Å². The van der Waals surface area contributed by atoms with Crippen LogP contribution in [0.1, 0.15) is 12.0 Å². The molecule has 0 fully saturated rings. The van der Waals surface area contributed by atoms with E-state index in [1.54, 1.807) is 13.2 Å². The summed E-state index contributed by atoms with van der Waals surface area (Å²) in [6, 6.07) is 5.51. The zero-order chi connectivity index (χ0) is 10.4. The van der Waals surface area contributed by atoms with Gasteiger partial charge in [-0.25, -0.2) is 0 Å². The molecule has 0 saturated carbocycles. The quantitative estimate of drug-likeness (QED) is 0.592. The van der Waals surface area contributed by atoms with Crippen LogP contribution in [0.15, 0.2) is 18.2 Å². The normalized spacial score (nSPS) is 9.07. The highest BCUT2D eigenvalue weighted by molar-refractivity contribution is 9.09. The third kappa shape index (κ3) is 3.25. The van der Waals surface area contributed by atoms with Gasteiger partial charge in [0.05, 0.1) is 12.1 Å². The summed E-state index contributed by atoms with van der Waals surface area (Å²) in [6.45, 7) is 0. The summed E-state index contributed by atoms with van der Waals surface area (Å²) in [5.41, 5.74) is 0.923. The molecule has 0 saturated heterocycles. The second kappa shape index (κ2) is 5.95. The fourth-order valence-corrected chi connectivity index (χ4v) is 1.34. The maximum Gasteiger partial charge on any atom is 0.138 e. The smallest absolute Gasteiger partial charge is 0.138 e. The molecule has 0 radical (unpaired) electrons. The van der Waals surface area contributed by atoms with E-state index in [0.717, 1.165) is 17.3 Å². The van der Waals surface area contributed by atoms with E-state index in [0.29, 0.717) is 10.8 Å². The molecule has 0 atom stereocenters. The Hall–Kier alpha value is -0.650. The molecular weight excluding hydrogens is 263 g/mol. The molecule has 1 rings (SSSR count). The van der Waals surface area contributed by atoms with Gasteiger partial charge >= 0.3 is 0 Å². The lowest BCUT2D eigenvalue weighted by molar-refractivity contribution is 0.415. The van der Waals surface area contributed by atoms with Gasteiger partial charge in [0.25, 0.3) is 0 Å². The lowest BCUT2D eigenvalue weighted by Crippen LogP contribution is -1.85. The van der Waals surface area contributed by atoms with Crippen LogP contribution in [0.5, 0.6) is 5.75 Å². The van der Waals surface area contributed by atoms with Crippen LogP contribution in [-0.4, -0.2) is 12.4 Å². The molecule has 0 aliphatic heterocycles. The van der Waals surface area contributed by atoms with Crippen LogP contribution in [-0.2, 0) is 0 Å². The Kier molecular flexibility index (Phi) is 4.86. The van der Waals surface area contributed by atoms with Gasteiger partial charge in [0.15, 0.2) is 0 Å². The first-order valence-corrected chi connectivity index (χ1v) is 5.66. The van der Waals surface area contributed by atoms with Crippen LogP contribution in [0.4, 0.5) is 0 Å². The van der Waals surface area contributed by atoms with E-state index in [9.17, 15) is 0 Å². The van der Waals surface area contributed by atoms with Crippen LogP contribution in [0.2, 0.25) is 5.02 Å². The predicted molar refractivity (Wildman–Crippen MR) is 63.3 cm³/mol. The lowest BCUT2D eigenvalue weighted by Gasteiger charge is -2.01. The number of halogens is 2. The zero-order valence-corrected chi connectivity index (χ0v) is 10.2. The first-order chi connectivity index (χ1) is 6.77. The Morgan fingerprint density at radius 3 is 2.93 bits per heavy atom. The molecule has 74 valence electrons. The summed E-state index contributed by atoms with van der Waals surface area (Å²) in [5, 5.41) is 1.50. The molecule has 0 bridgehead atoms. The van der Waals surface area contributed by atoms with Crippen molar-refractivity contribution < 1.29 is 4.74 Å². The second-order valence-corrected chi connectivity index (χ2v) is 3.79. The third-order valence-electron chi connectivity index (χ3n) is 1.60. The number of rotatable bonds is 2. The Bertz CT molecular complexity index is 365. The molecule has 0 heterocycles. The summed E-state index contributed by atoms with van der Waals surface area (Å²) >= 11 is 9.19. The van der Waals surface area contributed by atoms with Crippen LogP contribution >= 0.6 is 27.5 Å². The van der Waals surface area contributed by atoms with Crippen molar-refractivity contribution in [2.45, 2.75) is 6.42 Å². The molecule has 0 amide bonds. The fourth-order valence-electron chi connectivity index (χ4n) is 0.949. The van der Waals surface area contributed by atoms with Crippen molar-refractivity contribution in [2.24, 2.45) is 0 Å². The fraction of sp³-hybridized carbons (Fsp3) is 0.273. The molecule has 0 aliphatic carbocycles. The second-order valence-electron chi connectivity index (χ2n) is 2.59. The first-order valence-electron chi connectivity index (χ1n) is 4.16. The van der Waals surface area contributed by atoms with Gasteiger partial charge in [-0.2, -0.15) is 0 Å². The van der Waals surface area contributed by atoms with Gasteiger partial charge in [-0.3, -0.25) is 0 Å². The number of ether oxygens (including phenoxy) is 1. The van der Waals surface area contributed by atoms with E-state index in [4.69, 9.17) is 16.3 Å². The van der Waals surface area contributed by atoms with Crippen molar-refractivity contribution in [1.82, 2.24) is 0 Å². The van der Waals surface area contributed by atoms with E-state index in [1.807, 2.05) is 12.1 Å². The Balaban J connectivity index is 2.86. The van der Waals surface area contributed by atoms with Gasteiger partial charge in [0.2, 0.25) is 0 Å². The molecule has 0 unspecified atom stereocenters. The van der Waals surface area contributed by atoms with Gasteiger partial charge in [-0.1, -0.05) is 39.4 Å². The minimum absolute atomic E-state index is 0.610. The molecular formula is C11H10BrClO. The topological polar surface area (TPSA) is 9.23 Å². The largest absolute Gasteiger partial charge is 0.495 e. The first kappa shape index (κ1) is 11.4. The monoisotopic (exact) mass is 272 g/mol. The van der Waals surface area contributed by atoms with E-state index < -0.39 is 0 Å². The van der Waals surface area contributed by atoms with E-state index in [2.05, 4.69) is 27.8 Å². The molecule has 1 aromatic carbocycles. The van der Waals surface area contributed by atoms with E-state index in [-0.39, 0.29) is 0 Å². The standard InChI is InChI=1S/C11H10BrClO/c1-14-11-8-9(4-2-3-7-12)5-6-10(11)13/h5-6,8H,3,7H2,1H3. The highest BCUT2D eigenvalue weighted by atomic mass is 79.9. The molecule has 0 N–H and O–H groups in total. The summed E-state index contributed by atoms with van der Waals surface area (Å²) in [6.07, 6.45) is 0.838. The molecule has 1 nitrogen and oxygen atoms in total. The van der Waals surface area contributed by atoms with Gasteiger partial charge in [-0.05, 0) is 18.2 Å². The number of hydrogen-bond acceptors (Lipinski definition) is 1. The van der Waals surface area contributed by atoms with Crippen molar-refractivity contribution >= 4 is 27.5 Å². The summed E-state index contributed by atoms with van der Waals surface area (Å²) in [7, 11) is 1.59. The van der Waals surface area contributed by atoms with Gasteiger partial charge < -0.3 is 4.74 Å². The molecule has 0 aromatic heterocycles. The van der Waals surface area contributed by atoms with Gasteiger partial charge in [-0.15, -0.1) is 0 Å². The molecule has 14 heavy (non-hydrogen) atoms.